The third-order valence-corrected chi connectivity index (χ3v) is 6.20. The molecular formula is C17H27N3O4S. The van der Waals surface area contributed by atoms with E-state index in [9.17, 15) is 13.2 Å². The molecule has 1 aromatic carbocycles. The van der Waals surface area contributed by atoms with Crippen molar-refractivity contribution in [2.75, 3.05) is 33.9 Å². The molecule has 0 bridgehead atoms. The maximum atomic E-state index is 12.8. The number of ether oxygens (including phenoxy) is 1. The number of nitrogens with one attached hydrogen (secondary N) is 3. The first-order valence-electron chi connectivity index (χ1n) is 8.39. The van der Waals surface area contributed by atoms with Crippen molar-refractivity contribution in [1.82, 2.24) is 15.4 Å². The lowest BCUT2D eigenvalue weighted by Gasteiger charge is -2.36. The lowest BCUT2D eigenvalue weighted by atomic mass is 9.78. The third kappa shape index (κ3) is 4.58. The Balaban J connectivity index is 2.10. The molecular weight excluding hydrogens is 342 g/mol. The van der Waals surface area contributed by atoms with E-state index in [0.717, 1.165) is 31.5 Å². The maximum Gasteiger partial charge on any atom is 0.240 e. The predicted molar refractivity (Wildman–Crippen MR) is 95.7 cm³/mol. The van der Waals surface area contributed by atoms with E-state index in [-0.39, 0.29) is 16.8 Å². The Morgan fingerprint density at radius 1 is 1.28 bits per heavy atom. The fourth-order valence-electron chi connectivity index (χ4n) is 3.11. The summed E-state index contributed by atoms with van der Waals surface area (Å²) < 4.78 is 31.1. The van der Waals surface area contributed by atoms with Crippen molar-refractivity contribution >= 4 is 15.9 Å². The van der Waals surface area contributed by atoms with Gasteiger partial charge in [0.1, 0.15) is 0 Å². The van der Waals surface area contributed by atoms with Gasteiger partial charge in [0.25, 0.3) is 0 Å². The van der Waals surface area contributed by atoms with E-state index in [2.05, 4.69) is 15.4 Å². The minimum Gasteiger partial charge on any atom is -0.384 e. The smallest absolute Gasteiger partial charge is 0.240 e. The fourth-order valence-corrected chi connectivity index (χ4v) is 3.84. The summed E-state index contributed by atoms with van der Waals surface area (Å²) in [5.41, 5.74) is 0.342. The molecule has 0 saturated carbocycles. The summed E-state index contributed by atoms with van der Waals surface area (Å²) >= 11 is 0. The van der Waals surface area contributed by atoms with Gasteiger partial charge in [0, 0.05) is 7.11 Å². The predicted octanol–water partition coefficient (Wildman–Crippen LogP) is 0.788. The normalized spacial score (nSPS) is 18.5. The van der Waals surface area contributed by atoms with E-state index in [1.807, 2.05) is 6.92 Å². The van der Waals surface area contributed by atoms with Gasteiger partial charge in [-0.15, -0.1) is 0 Å². The van der Waals surface area contributed by atoms with Crippen LogP contribution in [0, 0.1) is 5.41 Å². The number of piperidine rings is 1. The van der Waals surface area contributed by atoms with Crippen molar-refractivity contribution in [1.29, 1.82) is 0 Å². The van der Waals surface area contributed by atoms with Crippen molar-refractivity contribution in [3.63, 3.8) is 0 Å². The van der Waals surface area contributed by atoms with E-state index >= 15 is 0 Å². The molecule has 0 radical (unpaired) electrons. The van der Waals surface area contributed by atoms with Crippen molar-refractivity contribution < 1.29 is 17.9 Å². The molecule has 0 aliphatic carbocycles. The van der Waals surface area contributed by atoms with Gasteiger partial charge in [-0.2, -0.15) is 0 Å². The van der Waals surface area contributed by atoms with Crippen LogP contribution in [0.4, 0.5) is 0 Å². The average Bonchev–Trinajstić information content (AvgIpc) is 2.62. The van der Waals surface area contributed by atoms with Crippen LogP contribution < -0.4 is 15.4 Å². The van der Waals surface area contributed by atoms with Crippen LogP contribution in [0.3, 0.4) is 0 Å². The zero-order valence-electron chi connectivity index (χ0n) is 15.0. The summed E-state index contributed by atoms with van der Waals surface area (Å²) in [5, 5.41) is 6.32. The van der Waals surface area contributed by atoms with Crippen LogP contribution >= 0.6 is 0 Å². The average molecular weight is 369 g/mol. The Labute approximate surface area is 149 Å². The maximum absolute atomic E-state index is 12.8. The van der Waals surface area contributed by atoms with Crippen LogP contribution in [0.25, 0.3) is 0 Å². The molecule has 0 spiro atoms. The monoisotopic (exact) mass is 369 g/mol. The van der Waals surface area contributed by atoms with E-state index in [1.165, 1.54) is 7.05 Å². The molecule has 1 heterocycles. The first kappa shape index (κ1) is 19.8. The molecule has 1 saturated heterocycles. The second-order valence-electron chi connectivity index (χ2n) is 6.44. The Morgan fingerprint density at radius 3 is 2.40 bits per heavy atom. The van der Waals surface area contributed by atoms with Crippen molar-refractivity contribution in [2.45, 2.75) is 30.7 Å². The van der Waals surface area contributed by atoms with E-state index in [0.29, 0.717) is 6.61 Å². The number of methoxy groups -OCH3 is 1. The van der Waals surface area contributed by atoms with Crippen LogP contribution in [-0.2, 0) is 19.6 Å². The van der Waals surface area contributed by atoms with Gasteiger partial charge in [-0.3, -0.25) is 4.79 Å². The van der Waals surface area contributed by atoms with E-state index in [1.54, 1.807) is 31.4 Å². The van der Waals surface area contributed by atoms with Gasteiger partial charge in [0.2, 0.25) is 15.9 Å². The highest BCUT2D eigenvalue weighted by Crippen LogP contribution is 2.30. The molecule has 25 heavy (non-hydrogen) atoms. The van der Waals surface area contributed by atoms with Gasteiger partial charge in [0.15, 0.2) is 0 Å². The Bertz CT molecular complexity index is 677. The van der Waals surface area contributed by atoms with Crippen molar-refractivity contribution in [3.8, 4) is 0 Å². The van der Waals surface area contributed by atoms with Gasteiger partial charge in [-0.25, -0.2) is 13.1 Å². The minimum atomic E-state index is -3.46. The molecule has 1 aromatic rings. The molecule has 1 unspecified atom stereocenters. The van der Waals surface area contributed by atoms with Crippen LogP contribution in [0.15, 0.2) is 29.2 Å². The molecule has 2 rings (SSSR count). The first-order valence-corrected chi connectivity index (χ1v) is 9.87. The van der Waals surface area contributed by atoms with Crippen molar-refractivity contribution in [3.05, 3.63) is 29.8 Å². The SMILES string of the molecule is CNS(=O)(=O)c1ccc(C(C)NC(=O)C2(COC)CCNCC2)cc1. The van der Waals surface area contributed by atoms with Gasteiger partial charge in [-0.05, 0) is 57.6 Å². The molecule has 1 aliphatic heterocycles. The van der Waals surface area contributed by atoms with Crippen LogP contribution in [0.2, 0.25) is 0 Å². The minimum absolute atomic E-state index is 0.0183. The van der Waals surface area contributed by atoms with Crippen LogP contribution in [0.5, 0.6) is 0 Å². The molecule has 1 amide bonds. The number of hydrogen-bond acceptors (Lipinski definition) is 5. The largest absolute Gasteiger partial charge is 0.384 e. The molecule has 140 valence electrons. The second-order valence-corrected chi connectivity index (χ2v) is 8.32. The summed E-state index contributed by atoms with van der Waals surface area (Å²) in [4.78, 5) is 13.0. The zero-order chi connectivity index (χ0) is 18.5. The van der Waals surface area contributed by atoms with Gasteiger partial charge in [0.05, 0.1) is 23.0 Å². The molecule has 3 N–H and O–H groups in total. The summed E-state index contributed by atoms with van der Waals surface area (Å²) in [6.45, 7) is 3.87. The summed E-state index contributed by atoms with van der Waals surface area (Å²) in [5.74, 6) is -0.0183. The zero-order valence-corrected chi connectivity index (χ0v) is 15.8. The number of amides is 1. The standard InChI is InChI=1S/C17H27N3O4S/c1-13(14-4-6-15(7-5-14)25(22,23)18-2)20-16(21)17(12-24-3)8-10-19-11-9-17/h4-7,13,18-19H,8-12H2,1-3H3,(H,20,21). The van der Waals surface area contributed by atoms with Crippen LogP contribution in [-0.4, -0.2) is 48.2 Å². The lowest BCUT2D eigenvalue weighted by Crippen LogP contribution is -2.50. The highest BCUT2D eigenvalue weighted by Gasteiger charge is 2.40. The summed E-state index contributed by atoms with van der Waals surface area (Å²) in [6.07, 6.45) is 1.47. The number of sulfonamides is 1. The Kier molecular flexibility index (Phi) is 6.56. The number of benzene rings is 1. The van der Waals surface area contributed by atoms with E-state index < -0.39 is 15.4 Å². The fraction of sp³-hybridized carbons (Fsp3) is 0.588. The van der Waals surface area contributed by atoms with Gasteiger partial charge < -0.3 is 15.4 Å². The molecule has 1 fully saturated rings. The number of hydrogen-bond donors (Lipinski definition) is 3. The molecule has 1 atom stereocenters. The number of rotatable bonds is 7. The summed E-state index contributed by atoms with van der Waals surface area (Å²) in [6, 6.07) is 6.31. The molecule has 7 nitrogen and oxygen atoms in total. The van der Waals surface area contributed by atoms with E-state index in [4.69, 9.17) is 4.74 Å². The second kappa shape index (κ2) is 8.27. The number of carbonyl (C=O) groups excluding carboxylic acids is 1. The third-order valence-electron chi connectivity index (χ3n) is 4.77. The van der Waals surface area contributed by atoms with Gasteiger partial charge >= 0.3 is 0 Å². The Hall–Kier alpha value is -1.48. The first-order chi connectivity index (χ1) is 11.8. The number of carbonyl (C=O) groups is 1. The van der Waals surface area contributed by atoms with Gasteiger partial charge in [-0.1, -0.05) is 12.1 Å². The highest BCUT2D eigenvalue weighted by atomic mass is 32.2. The van der Waals surface area contributed by atoms with Crippen molar-refractivity contribution in [2.24, 2.45) is 5.41 Å². The quantitative estimate of drug-likeness (QED) is 0.660. The molecule has 0 aromatic heterocycles. The molecule has 8 heteroatoms. The highest BCUT2D eigenvalue weighted by molar-refractivity contribution is 7.89. The summed E-state index contributed by atoms with van der Waals surface area (Å²) in [7, 11) is -0.471. The van der Waals surface area contributed by atoms with Crippen LogP contribution in [0.1, 0.15) is 31.4 Å². The Morgan fingerprint density at radius 2 is 1.88 bits per heavy atom. The molecule has 1 aliphatic rings. The topological polar surface area (TPSA) is 96.5 Å². The lowest BCUT2D eigenvalue weighted by molar-refractivity contribution is -0.136.